The van der Waals surface area contributed by atoms with Gasteiger partial charge in [-0.05, 0) is 25.5 Å². The van der Waals surface area contributed by atoms with Crippen LogP contribution < -0.4 is 0 Å². The fraction of sp³-hybridized carbons (Fsp3) is 0.333. The van der Waals surface area contributed by atoms with Crippen molar-refractivity contribution in [3.63, 3.8) is 0 Å². The second kappa shape index (κ2) is 8.71. The summed E-state index contributed by atoms with van der Waals surface area (Å²) >= 11 is 0. The van der Waals surface area contributed by atoms with Gasteiger partial charge in [-0.3, -0.25) is 0 Å². The largest absolute Gasteiger partial charge is 0.465 e. The van der Waals surface area contributed by atoms with E-state index in [1.54, 1.807) is 12.1 Å². The molecule has 1 aromatic rings. The molecule has 0 aliphatic rings. The molecule has 0 saturated heterocycles. The van der Waals surface area contributed by atoms with Crippen LogP contribution in [0.3, 0.4) is 0 Å². The average Bonchev–Trinajstić information content (AvgIpc) is 2.37. The summed E-state index contributed by atoms with van der Waals surface area (Å²) in [5, 5.41) is 0. The van der Waals surface area contributed by atoms with E-state index in [2.05, 4.69) is 22.8 Å². The quantitative estimate of drug-likeness (QED) is 0.601. The predicted molar refractivity (Wildman–Crippen MR) is 69.3 cm³/mol. The Labute approximate surface area is 103 Å². The molecule has 0 spiro atoms. The summed E-state index contributed by atoms with van der Waals surface area (Å²) < 4.78 is 9.05. The lowest BCUT2D eigenvalue weighted by Crippen LogP contribution is -2.11. The lowest BCUT2D eigenvalue weighted by molar-refractivity contribution is 0.0555. The number of carbonyl (C=O) groups is 2. The Hall–Kier alpha value is -1.41. The highest BCUT2D eigenvalue weighted by Crippen LogP contribution is 2.10. The highest BCUT2D eigenvalue weighted by molar-refractivity contribution is 7.35. The molecule has 0 atom stereocenters. The van der Waals surface area contributed by atoms with E-state index in [1.165, 1.54) is 26.4 Å². The molecule has 0 fully saturated rings. The molecule has 1 aromatic carbocycles. The molecule has 0 unspecified atom stereocenters. The maximum Gasteiger partial charge on any atom is 0.338 e. The van der Waals surface area contributed by atoms with Gasteiger partial charge in [0.2, 0.25) is 0 Å². The summed E-state index contributed by atoms with van der Waals surface area (Å²) in [5.41, 5.74) is 0.420. The van der Waals surface area contributed by atoms with E-state index in [0.717, 1.165) is 8.58 Å². The van der Waals surface area contributed by atoms with Gasteiger partial charge in [-0.2, -0.15) is 0 Å². The molecule has 0 aliphatic carbocycles. The first-order valence-electron chi connectivity index (χ1n) is 4.96. The van der Waals surface area contributed by atoms with Crippen LogP contribution in [-0.2, 0) is 9.47 Å². The Morgan fingerprint density at radius 1 is 0.941 bits per heavy atom. The van der Waals surface area contributed by atoms with Crippen LogP contribution in [0, 0.1) is 0 Å². The van der Waals surface area contributed by atoms with Gasteiger partial charge in [0.15, 0.2) is 0 Å². The van der Waals surface area contributed by atoms with Crippen molar-refractivity contribution in [2.24, 2.45) is 0 Å². The van der Waals surface area contributed by atoms with Gasteiger partial charge >= 0.3 is 11.9 Å². The minimum absolute atomic E-state index is 0.210. The SMILES string of the molecule is COC(=O)c1ccccc1C(=O)OC.CPC. The number of ether oxygens (including phenoxy) is 2. The van der Waals surface area contributed by atoms with Crippen LogP contribution in [0.5, 0.6) is 0 Å². The molecule has 17 heavy (non-hydrogen) atoms. The van der Waals surface area contributed by atoms with Crippen molar-refractivity contribution in [3.8, 4) is 0 Å². The average molecular weight is 256 g/mol. The molecule has 0 aliphatic heterocycles. The lowest BCUT2D eigenvalue weighted by atomic mass is 10.1. The van der Waals surface area contributed by atoms with Crippen molar-refractivity contribution in [3.05, 3.63) is 35.4 Å². The summed E-state index contributed by atoms with van der Waals surface area (Å²) in [5.74, 6) is -1.10. The van der Waals surface area contributed by atoms with Crippen molar-refractivity contribution in [2.75, 3.05) is 27.5 Å². The Kier molecular flexibility index (Phi) is 7.99. The highest BCUT2D eigenvalue weighted by atomic mass is 31.1. The van der Waals surface area contributed by atoms with Gasteiger partial charge in [-0.15, -0.1) is 8.58 Å². The van der Waals surface area contributed by atoms with E-state index in [4.69, 9.17) is 0 Å². The summed E-state index contributed by atoms with van der Waals surface area (Å²) in [4.78, 5) is 22.4. The Morgan fingerprint density at radius 3 is 1.47 bits per heavy atom. The van der Waals surface area contributed by atoms with Gasteiger partial charge in [0, 0.05) is 0 Å². The summed E-state index contributed by atoms with van der Waals surface area (Å²) in [6.45, 7) is 4.31. The number of hydrogen-bond acceptors (Lipinski definition) is 4. The van der Waals surface area contributed by atoms with Crippen LogP contribution in [0.2, 0.25) is 0 Å². The third-order valence-corrected chi connectivity index (χ3v) is 1.74. The van der Waals surface area contributed by atoms with Crippen LogP contribution in [-0.4, -0.2) is 39.5 Å². The molecule has 1 rings (SSSR count). The van der Waals surface area contributed by atoms with Crippen LogP contribution >= 0.6 is 8.58 Å². The van der Waals surface area contributed by atoms with Crippen LogP contribution in [0.25, 0.3) is 0 Å². The third kappa shape index (κ3) is 4.96. The van der Waals surface area contributed by atoms with E-state index in [0.29, 0.717) is 0 Å². The number of carbonyl (C=O) groups excluding carboxylic acids is 2. The van der Waals surface area contributed by atoms with E-state index < -0.39 is 11.9 Å². The Bertz CT molecular complexity index is 342. The second-order valence-electron chi connectivity index (χ2n) is 3.03. The first kappa shape index (κ1) is 15.6. The maximum atomic E-state index is 11.2. The molecule has 0 saturated carbocycles. The van der Waals surface area contributed by atoms with Gasteiger partial charge in [0.25, 0.3) is 0 Å². The summed E-state index contributed by atoms with van der Waals surface area (Å²) in [7, 11) is 3.60. The molecule has 0 radical (unpaired) electrons. The zero-order valence-electron chi connectivity index (χ0n) is 10.4. The molecule has 94 valence electrons. The molecule has 0 N–H and O–H groups in total. The zero-order valence-corrected chi connectivity index (χ0v) is 11.4. The van der Waals surface area contributed by atoms with Gasteiger partial charge in [0.05, 0.1) is 25.3 Å². The van der Waals surface area contributed by atoms with Crippen molar-refractivity contribution in [1.82, 2.24) is 0 Å². The number of benzene rings is 1. The van der Waals surface area contributed by atoms with Crippen molar-refractivity contribution in [1.29, 1.82) is 0 Å². The summed E-state index contributed by atoms with van der Waals surface area (Å²) in [6.07, 6.45) is 0. The Morgan fingerprint density at radius 2 is 1.24 bits per heavy atom. The fourth-order valence-electron chi connectivity index (χ4n) is 1.06. The number of hydrogen-bond donors (Lipinski definition) is 0. The highest BCUT2D eigenvalue weighted by Gasteiger charge is 2.16. The van der Waals surface area contributed by atoms with Crippen molar-refractivity contribution in [2.45, 2.75) is 0 Å². The van der Waals surface area contributed by atoms with E-state index in [1.807, 2.05) is 0 Å². The maximum absolute atomic E-state index is 11.2. The minimum Gasteiger partial charge on any atom is -0.465 e. The third-order valence-electron chi connectivity index (χ3n) is 1.74. The summed E-state index contributed by atoms with van der Waals surface area (Å²) in [6, 6.07) is 6.33. The lowest BCUT2D eigenvalue weighted by Gasteiger charge is -2.04. The standard InChI is InChI=1S/C10H10O4.C2H7P/c1-13-9(11)7-5-3-4-6-8(7)10(12)14-2;1-3-2/h3-6H,1-2H3;3H,1-2H3. The van der Waals surface area contributed by atoms with Gasteiger partial charge in [-0.1, -0.05) is 12.1 Å². The molecule has 0 heterocycles. The molecular weight excluding hydrogens is 239 g/mol. The molecule has 5 heteroatoms. The molecular formula is C12H17O4P. The van der Waals surface area contributed by atoms with Crippen LogP contribution in [0.15, 0.2) is 24.3 Å². The fourth-order valence-corrected chi connectivity index (χ4v) is 1.06. The number of rotatable bonds is 2. The molecule has 4 nitrogen and oxygen atoms in total. The second-order valence-corrected chi connectivity index (χ2v) is 4.03. The van der Waals surface area contributed by atoms with E-state index in [9.17, 15) is 9.59 Å². The van der Waals surface area contributed by atoms with Gasteiger partial charge < -0.3 is 9.47 Å². The smallest absolute Gasteiger partial charge is 0.338 e. The van der Waals surface area contributed by atoms with E-state index >= 15 is 0 Å². The van der Waals surface area contributed by atoms with Crippen molar-refractivity contribution < 1.29 is 19.1 Å². The predicted octanol–water partition coefficient (Wildman–Crippen LogP) is 2.18. The van der Waals surface area contributed by atoms with Crippen molar-refractivity contribution >= 4 is 20.5 Å². The zero-order chi connectivity index (χ0) is 13.3. The first-order chi connectivity index (χ1) is 8.12. The number of esters is 2. The van der Waals surface area contributed by atoms with Gasteiger partial charge in [-0.25, -0.2) is 9.59 Å². The van der Waals surface area contributed by atoms with Crippen LogP contribution in [0.4, 0.5) is 0 Å². The molecule has 0 amide bonds. The topological polar surface area (TPSA) is 52.6 Å². The van der Waals surface area contributed by atoms with E-state index in [-0.39, 0.29) is 11.1 Å². The molecule has 0 aromatic heterocycles. The normalized spacial score (nSPS) is 8.71. The monoisotopic (exact) mass is 256 g/mol. The first-order valence-corrected chi connectivity index (χ1v) is 6.96. The molecule has 0 bridgehead atoms. The Balaban J connectivity index is 0.000000770. The minimum atomic E-state index is -0.550. The number of methoxy groups -OCH3 is 2. The van der Waals surface area contributed by atoms with Gasteiger partial charge in [0.1, 0.15) is 0 Å². The van der Waals surface area contributed by atoms with Crippen LogP contribution in [0.1, 0.15) is 20.7 Å².